The van der Waals surface area contributed by atoms with Gasteiger partial charge in [0.2, 0.25) is 11.0 Å². The zero-order valence-corrected chi connectivity index (χ0v) is 12.5. The summed E-state index contributed by atoms with van der Waals surface area (Å²) >= 11 is 1.41. The SMILES string of the molecule is COc1cccc(CC(=O)Nc2nnc(C(C)C)s2)c1. The minimum absolute atomic E-state index is 0.107. The van der Waals surface area contributed by atoms with Crippen LogP contribution in [0.2, 0.25) is 0 Å². The van der Waals surface area contributed by atoms with Crippen molar-refractivity contribution in [1.82, 2.24) is 10.2 Å². The molecule has 0 unspecified atom stereocenters. The third-order valence-corrected chi connectivity index (χ3v) is 3.82. The summed E-state index contributed by atoms with van der Waals surface area (Å²) in [5.74, 6) is 0.953. The molecular formula is C14H17N3O2S. The lowest BCUT2D eigenvalue weighted by Gasteiger charge is -2.04. The first-order valence-electron chi connectivity index (χ1n) is 6.34. The van der Waals surface area contributed by atoms with Crippen molar-refractivity contribution < 1.29 is 9.53 Å². The maximum Gasteiger partial charge on any atom is 0.230 e. The lowest BCUT2D eigenvalue weighted by Crippen LogP contribution is -2.14. The summed E-state index contributed by atoms with van der Waals surface area (Å²) in [6, 6.07) is 7.45. The molecule has 6 heteroatoms. The summed E-state index contributed by atoms with van der Waals surface area (Å²) in [4.78, 5) is 11.9. The number of carbonyl (C=O) groups excluding carboxylic acids is 1. The zero-order valence-electron chi connectivity index (χ0n) is 11.7. The first kappa shape index (κ1) is 14.5. The number of carbonyl (C=O) groups is 1. The minimum atomic E-state index is -0.107. The molecule has 0 saturated carbocycles. The third kappa shape index (κ3) is 3.77. The fourth-order valence-electron chi connectivity index (χ4n) is 1.65. The molecule has 0 aliphatic carbocycles. The second-order valence-electron chi connectivity index (χ2n) is 4.68. The first-order chi connectivity index (χ1) is 9.58. The van der Waals surface area contributed by atoms with Gasteiger partial charge >= 0.3 is 0 Å². The molecule has 2 aromatic rings. The summed E-state index contributed by atoms with van der Waals surface area (Å²) in [5.41, 5.74) is 0.899. The van der Waals surface area contributed by atoms with E-state index in [9.17, 15) is 4.79 Å². The number of anilines is 1. The van der Waals surface area contributed by atoms with Gasteiger partial charge in [0.25, 0.3) is 0 Å². The van der Waals surface area contributed by atoms with Crippen LogP contribution in [0.5, 0.6) is 5.75 Å². The molecule has 0 spiro atoms. The summed E-state index contributed by atoms with van der Waals surface area (Å²) in [5, 5.41) is 12.2. The van der Waals surface area contributed by atoms with Crippen molar-refractivity contribution >= 4 is 22.4 Å². The van der Waals surface area contributed by atoms with E-state index >= 15 is 0 Å². The van der Waals surface area contributed by atoms with Crippen molar-refractivity contribution in [1.29, 1.82) is 0 Å². The standard InChI is InChI=1S/C14H17N3O2S/c1-9(2)13-16-17-14(20-13)15-12(18)8-10-5-4-6-11(7-10)19-3/h4-7,9H,8H2,1-3H3,(H,15,17,18). The van der Waals surface area contributed by atoms with Crippen molar-refractivity contribution in [3.63, 3.8) is 0 Å². The molecule has 0 saturated heterocycles. The highest BCUT2D eigenvalue weighted by atomic mass is 32.1. The molecule has 0 fully saturated rings. The van der Waals surface area contributed by atoms with Crippen LogP contribution in [0, 0.1) is 0 Å². The largest absolute Gasteiger partial charge is 0.497 e. The molecule has 1 N–H and O–H groups in total. The third-order valence-electron chi connectivity index (χ3n) is 2.68. The quantitative estimate of drug-likeness (QED) is 0.920. The van der Waals surface area contributed by atoms with Gasteiger partial charge in [-0.3, -0.25) is 4.79 Å². The number of aromatic nitrogens is 2. The Labute approximate surface area is 122 Å². The topological polar surface area (TPSA) is 64.1 Å². The van der Waals surface area contributed by atoms with Crippen LogP contribution in [0.15, 0.2) is 24.3 Å². The number of ether oxygens (including phenoxy) is 1. The maximum atomic E-state index is 11.9. The smallest absolute Gasteiger partial charge is 0.230 e. The van der Waals surface area contributed by atoms with Crippen LogP contribution in [0.1, 0.15) is 30.3 Å². The van der Waals surface area contributed by atoms with Gasteiger partial charge in [0.15, 0.2) is 0 Å². The summed E-state index contributed by atoms with van der Waals surface area (Å²) in [7, 11) is 1.61. The summed E-state index contributed by atoms with van der Waals surface area (Å²) in [6.45, 7) is 4.09. The van der Waals surface area contributed by atoms with E-state index in [0.29, 0.717) is 11.0 Å². The maximum absolute atomic E-state index is 11.9. The van der Waals surface area contributed by atoms with Gasteiger partial charge in [0.1, 0.15) is 10.8 Å². The Hall–Kier alpha value is -1.95. The van der Waals surface area contributed by atoms with Crippen LogP contribution in [0.4, 0.5) is 5.13 Å². The van der Waals surface area contributed by atoms with Gasteiger partial charge in [-0.05, 0) is 17.7 Å². The molecule has 20 heavy (non-hydrogen) atoms. The van der Waals surface area contributed by atoms with Crippen molar-refractivity contribution in [2.75, 3.05) is 12.4 Å². The van der Waals surface area contributed by atoms with Gasteiger partial charge < -0.3 is 10.1 Å². The first-order valence-corrected chi connectivity index (χ1v) is 7.16. The number of nitrogens with zero attached hydrogens (tertiary/aromatic N) is 2. The highest BCUT2D eigenvalue weighted by Crippen LogP contribution is 2.22. The number of hydrogen-bond acceptors (Lipinski definition) is 5. The highest BCUT2D eigenvalue weighted by Gasteiger charge is 2.11. The number of methoxy groups -OCH3 is 1. The molecule has 0 aliphatic heterocycles. The summed E-state index contributed by atoms with van der Waals surface area (Å²) < 4.78 is 5.13. The van der Waals surface area contributed by atoms with E-state index < -0.39 is 0 Å². The number of amides is 1. The van der Waals surface area contributed by atoms with E-state index in [1.54, 1.807) is 7.11 Å². The lowest BCUT2D eigenvalue weighted by atomic mass is 10.1. The number of nitrogens with one attached hydrogen (secondary N) is 1. The van der Waals surface area contributed by atoms with E-state index in [1.807, 2.05) is 38.1 Å². The molecule has 5 nitrogen and oxygen atoms in total. The second-order valence-corrected chi connectivity index (χ2v) is 5.69. The Balaban J connectivity index is 1.97. The average Bonchev–Trinajstić information content (AvgIpc) is 2.87. The highest BCUT2D eigenvalue weighted by molar-refractivity contribution is 7.15. The van der Waals surface area contributed by atoms with Crippen molar-refractivity contribution in [3.8, 4) is 5.75 Å². The van der Waals surface area contributed by atoms with Crippen LogP contribution >= 0.6 is 11.3 Å². The van der Waals surface area contributed by atoms with E-state index in [1.165, 1.54) is 11.3 Å². The Bertz CT molecular complexity index is 596. The van der Waals surface area contributed by atoms with Crippen molar-refractivity contribution in [3.05, 3.63) is 34.8 Å². The fourth-order valence-corrected chi connectivity index (χ4v) is 2.41. The predicted molar refractivity (Wildman–Crippen MR) is 79.3 cm³/mol. The molecule has 0 aliphatic rings. The van der Waals surface area contributed by atoms with Crippen LogP contribution in [0.3, 0.4) is 0 Å². The van der Waals surface area contributed by atoms with Crippen LogP contribution in [-0.4, -0.2) is 23.2 Å². The van der Waals surface area contributed by atoms with Crippen molar-refractivity contribution in [2.24, 2.45) is 0 Å². The molecule has 106 valence electrons. The Morgan fingerprint density at radius 2 is 2.20 bits per heavy atom. The van der Waals surface area contributed by atoms with Crippen molar-refractivity contribution in [2.45, 2.75) is 26.2 Å². The van der Waals surface area contributed by atoms with Gasteiger partial charge in [-0.1, -0.05) is 37.3 Å². The molecule has 2 rings (SSSR count). The molecule has 1 aromatic carbocycles. The van der Waals surface area contributed by atoms with Crippen LogP contribution in [-0.2, 0) is 11.2 Å². The molecule has 1 aromatic heterocycles. The second kappa shape index (κ2) is 6.47. The fraction of sp³-hybridized carbons (Fsp3) is 0.357. The number of hydrogen-bond donors (Lipinski definition) is 1. The normalized spacial score (nSPS) is 10.6. The lowest BCUT2D eigenvalue weighted by molar-refractivity contribution is -0.115. The molecule has 1 amide bonds. The van der Waals surface area contributed by atoms with E-state index in [0.717, 1.165) is 16.3 Å². The van der Waals surface area contributed by atoms with Gasteiger partial charge in [0.05, 0.1) is 13.5 Å². The average molecular weight is 291 g/mol. The van der Waals surface area contributed by atoms with E-state index in [2.05, 4.69) is 15.5 Å². The minimum Gasteiger partial charge on any atom is -0.497 e. The van der Waals surface area contributed by atoms with E-state index in [4.69, 9.17) is 4.74 Å². The molecule has 0 radical (unpaired) electrons. The molecule has 0 atom stereocenters. The Morgan fingerprint density at radius 1 is 1.40 bits per heavy atom. The van der Waals surface area contributed by atoms with Gasteiger partial charge in [-0.25, -0.2) is 0 Å². The summed E-state index contributed by atoms with van der Waals surface area (Å²) in [6.07, 6.45) is 0.286. The van der Waals surface area contributed by atoms with Gasteiger partial charge in [-0.15, -0.1) is 10.2 Å². The molecular weight excluding hydrogens is 274 g/mol. The zero-order chi connectivity index (χ0) is 14.5. The molecule has 0 bridgehead atoms. The Morgan fingerprint density at radius 3 is 2.85 bits per heavy atom. The van der Waals surface area contributed by atoms with Gasteiger partial charge in [0, 0.05) is 5.92 Å². The monoisotopic (exact) mass is 291 g/mol. The molecule has 1 heterocycles. The number of benzene rings is 1. The predicted octanol–water partition coefficient (Wildman–Crippen LogP) is 2.85. The van der Waals surface area contributed by atoms with Crippen LogP contribution < -0.4 is 10.1 Å². The van der Waals surface area contributed by atoms with Crippen LogP contribution in [0.25, 0.3) is 0 Å². The van der Waals surface area contributed by atoms with Gasteiger partial charge in [-0.2, -0.15) is 0 Å². The number of rotatable bonds is 5. The Kier molecular flexibility index (Phi) is 4.68. The van der Waals surface area contributed by atoms with E-state index in [-0.39, 0.29) is 12.3 Å².